The molecule has 1 aromatic carbocycles. The molecule has 0 saturated carbocycles. The zero-order valence-corrected chi connectivity index (χ0v) is 9.07. The van der Waals surface area contributed by atoms with Crippen LogP contribution >= 0.6 is 11.6 Å². The van der Waals surface area contributed by atoms with Crippen LogP contribution in [0.1, 0.15) is 5.56 Å². The SMILES string of the molecule is N#Cc1cncc(-c2ccc(Cl)c(N)c2)c1. The van der Waals surface area contributed by atoms with Gasteiger partial charge in [-0.1, -0.05) is 17.7 Å². The van der Waals surface area contributed by atoms with Crippen molar-refractivity contribution in [3.63, 3.8) is 0 Å². The van der Waals surface area contributed by atoms with Gasteiger partial charge in [0.05, 0.1) is 16.3 Å². The van der Waals surface area contributed by atoms with E-state index < -0.39 is 0 Å². The van der Waals surface area contributed by atoms with Crippen molar-refractivity contribution in [3.05, 3.63) is 47.2 Å². The van der Waals surface area contributed by atoms with Crippen molar-refractivity contribution in [2.24, 2.45) is 0 Å². The fourth-order valence-corrected chi connectivity index (χ4v) is 1.50. The molecule has 16 heavy (non-hydrogen) atoms. The van der Waals surface area contributed by atoms with E-state index in [2.05, 4.69) is 4.98 Å². The molecule has 2 rings (SSSR count). The summed E-state index contributed by atoms with van der Waals surface area (Å²) in [6, 6.07) is 9.14. The Kier molecular flexibility index (Phi) is 2.76. The summed E-state index contributed by atoms with van der Waals surface area (Å²) < 4.78 is 0. The Morgan fingerprint density at radius 2 is 2.00 bits per heavy atom. The normalized spacial score (nSPS) is 9.75. The number of rotatable bonds is 1. The number of nitrogens with two attached hydrogens (primary N) is 1. The maximum absolute atomic E-state index is 8.77. The topological polar surface area (TPSA) is 62.7 Å². The Balaban J connectivity index is 2.51. The predicted octanol–water partition coefficient (Wildman–Crippen LogP) is 2.86. The standard InChI is InChI=1S/C12H8ClN3/c13-11-2-1-9(4-12(11)15)10-3-8(5-14)6-16-7-10/h1-4,6-7H,15H2. The predicted molar refractivity (Wildman–Crippen MR) is 63.8 cm³/mol. The van der Waals surface area contributed by atoms with Crippen LogP contribution in [0.5, 0.6) is 0 Å². The van der Waals surface area contributed by atoms with Crippen molar-refractivity contribution in [1.29, 1.82) is 5.26 Å². The van der Waals surface area contributed by atoms with Gasteiger partial charge in [0.2, 0.25) is 0 Å². The van der Waals surface area contributed by atoms with Gasteiger partial charge in [0, 0.05) is 18.0 Å². The quantitative estimate of drug-likeness (QED) is 0.765. The molecule has 0 aliphatic heterocycles. The Labute approximate surface area is 98.1 Å². The number of nitriles is 1. The molecule has 0 atom stereocenters. The summed E-state index contributed by atoms with van der Waals surface area (Å²) in [6.07, 6.45) is 3.20. The molecule has 0 unspecified atom stereocenters. The van der Waals surface area contributed by atoms with E-state index in [-0.39, 0.29) is 0 Å². The Bertz CT molecular complexity index is 573. The molecule has 0 aliphatic rings. The van der Waals surface area contributed by atoms with Crippen LogP contribution in [0.3, 0.4) is 0 Å². The highest BCUT2D eigenvalue weighted by molar-refractivity contribution is 6.33. The molecule has 0 aliphatic carbocycles. The maximum atomic E-state index is 8.77. The summed E-state index contributed by atoms with van der Waals surface area (Å²) in [5.74, 6) is 0. The van der Waals surface area contributed by atoms with E-state index in [0.29, 0.717) is 16.3 Å². The van der Waals surface area contributed by atoms with E-state index in [4.69, 9.17) is 22.6 Å². The fourth-order valence-electron chi connectivity index (χ4n) is 1.38. The van der Waals surface area contributed by atoms with E-state index >= 15 is 0 Å². The Morgan fingerprint density at radius 3 is 2.69 bits per heavy atom. The number of hydrogen-bond donors (Lipinski definition) is 1. The molecule has 2 N–H and O–H groups in total. The number of benzene rings is 1. The smallest absolute Gasteiger partial charge is 0.101 e. The van der Waals surface area contributed by atoms with Crippen LogP contribution in [0.25, 0.3) is 11.1 Å². The molecule has 1 heterocycles. The minimum Gasteiger partial charge on any atom is -0.398 e. The van der Waals surface area contributed by atoms with Crippen molar-refractivity contribution in [2.75, 3.05) is 5.73 Å². The first kappa shape index (κ1) is 10.5. The highest BCUT2D eigenvalue weighted by Gasteiger charge is 2.02. The molecule has 0 fully saturated rings. The number of halogens is 1. The van der Waals surface area contributed by atoms with Crippen molar-refractivity contribution in [3.8, 4) is 17.2 Å². The summed E-state index contributed by atoms with van der Waals surface area (Å²) >= 11 is 5.83. The molecule has 0 radical (unpaired) electrons. The first-order valence-corrected chi connectivity index (χ1v) is 4.99. The first-order chi connectivity index (χ1) is 7.70. The molecular formula is C12H8ClN3. The molecule has 0 bridgehead atoms. The van der Waals surface area contributed by atoms with E-state index in [9.17, 15) is 0 Å². The average Bonchev–Trinajstić information content (AvgIpc) is 2.33. The third-order valence-electron chi connectivity index (χ3n) is 2.20. The summed E-state index contributed by atoms with van der Waals surface area (Å²) in [7, 11) is 0. The second kappa shape index (κ2) is 4.21. The zero-order valence-electron chi connectivity index (χ0n) is 8.31. The van der Waals surface area contributed by atoms with E-state index in [1.807, 2.05) is 12.1 Å². The van der Waals surface area contributed by atoms with Gasteiger partial charge in [-0.3, -0.25) is 4.98 Å². The highest BCUT2D eigenvalue weighted by Crippen LogP contribution is 2.26. The van der Waals surface area contributed by atoms with Crippen LogP contribution in [-0.2, 0) is 0 Å². The monoisotopic (exact) mass is 229 g/mol. The number of pyridine rings is 1. The molecule has 0 spiro atoms. The first-order valence-electron chi connectivity index (χ1n) is 4.61. The fraction of sp³-hybridized carbons (Fsp3) is 0. The van der Waals surface area contributed by atoms with Crippen LogP contribution in [0, 0.1) is 11.3 Å². The molecule has 3 nitrogen and oxygen atoms in total. The molecule has 78 valence electrons. The average molecular weight is 230 g/mol. The maximum Gasteiger partial charge on any atom is 0.101 e. The van der Waals surface area contributed by atoms with Gasteiger partial charge in [0.1, 0.15) is 6.07 Å². The number of anilines is 1. The molecule has 0 saturated heterocycles. The summed E-state index contributed by atoms with van der Waals surface area (Å²) in [5.41, 5.74) is 8.49. The van der Waals surface area contributed by atoms with Crippen LogP contribution in [0.15, 0.2) is 36.7 Å². The molecule has 4 heteroatoms. The molecule has 0 amide bonds. The second-order valence-corrected chi connectivity index (χ2v) is 3.72. The summed E-state index contributed by atoms with van der Waals surface area (Å²) in [5, 5.41) is 9.29. The van der Waals surface area contributed by atoms with Crippen LogP contribution < -0.4 is 5.73 Å². The van der Waals surface area contributed by atoms with Gasteiger partial charge < -0.3 is 5.73 Å². The van der Waals surface area contributed by atoms with Crippen LogP contribution in [0.2, 0.25) is 5.02 Å². The third kappa shape index (κ3) is 1.97. The Morgan fingerprint density at radius 1 is 1.19 bits per heavy atom. The van der Waals surface area contributed by atoms with Crippen molar-refractivity contribution >= 4 is 17.3 Å². The lowest BCUT2D eigenvalue weighted by Gasteiger charge is -2.04. The van der Waals surface area contributed by atoms with Gasteiger partial charge >= 0.3 is 0 Å². The number of hydrogen-bond acceptors (Lipinski definition) is 3. The van der Waals surface area contributed by atoms with E-state index in [0.717, 1.165) is 11.1 Å². The molecule has 1 aromatic heterocycles. The van der Waals surface area contributed by atoms with Crippen LogP contribution in [-0.4, -0.2) is 4.98 Å². The summed E-state index contributed by atoms with van der Waals surface area (Å²) in [4.78, 5) is 3.99. The van der Waals surface area contributed by atoms with Gasteiger partial charge in [-0.05, 0) is 23.8 Å². The lowest BCUT2D eigenvalue weighted by atomic mass is 10.1. The van der Waals surface area contributed by atoms with Gasteiger partial charge in [0.25, 0.3) is 0 Å². The van der Waals surface area contributed by atoms with Crippen LogP contribution in [0.4, 0.5) is 5.69 Å². The zero-order chi connectivity index (χ0) is 11.5. The van der Waals surface area contributed by atoms with Gasteiger partial charge in [-0.2, -0.15) is 5.26 Å². The van der Waals surface area contributed by atoms with Gasteiger partial charge in [0.15, 0.2) is 0 Å². The third-order valence-corrected chi connectivity index (χ3v) is 2.54. The lowest BCUT2D eigenvalue weighted by molar-refractivity contribution is 1.30. The number of nitrogen functional groups attached to an aromatic ring is 1. The van der Waals surface area contributed by atoms with Crippen molar-refractivity contribution < 1.29 is 0 Å². The summed E-state index contributed by atoms with van der Waals surface area (Å²) in [6.45, 7) is 0. The minimum absolute atomic E-state index is 0.515. The number of aromatic nitrogens is 1. The molecular weight excluding hydrogens is 222 g/mol. The highest BCUT2D eigenvalue weighted by atomic mass is 35.5. The van der Waals surface area contributed by atoms with Crippen molar-refractivity contribution in [2.45, 2.75) is 0 Å². The number of nitrogens with zero attached hydrogens (tertiary/aromatic N) is 2. The molecule has 2 aromatic rings. The second-order valence-electron chi connectivity index (χ2n) is 3.31. The van der Waals surface area contributed by atoms with E-state index in [1.54, 1.807) is 24.4 Å². The van der Waals surface area contributed by atoms with Gasteiger partial charge in [-0.15, -0.1) is 0 Å². The van der Waals surface area contributed by atoms with Crippen molar-refractivity contribution in [1.82, 2.24) is 4.98 Å². The Hall–Kier alpha value is -2.05. The lowest BCUT2D eigenvalue weighted by Crippen LogP contribution is -1.88. The minimum atomic E-state index is 0.515. The van der Waals surface area contributed by atoms with E-state index in [1.165, 1.54) is 6.20 Å². The van der Waals surface area contributed by atoms with Gasteiger partial charge in [-0.25, -0.2) is 0 Å². The largest absolute Gasteiger partial charge is 0.398 e.